The Balaban J connectivity index is 1.28. The van der Waals surface area contributed by atoms with E-state index in [0.717, 1.165) is 54.3 Å². The molecule has 32 heavy (non-hydrogen) atoms. The molecule has 4 heterocycles. The van der Waals surface area contributed by atoms with Crippen molar-refractivity contribution in [2.75, 3.05) is 30.8 Å². The first kappa shape index (κ1) is 21.0. The van der Waals surface area contributed by atoms with Gasteiger partial charge in [-0.3, -0.25) is 4.79 Å². The van der Waals surface area contributed by atoms with Crippen molar-refractivity contribution in [2.24, 2.45) is 5.73 Å². The Morgan fingerprint density at radius 1 is 1.28 bits per heavy atom. The summed E-state index contributed by atoms with van der Waals surface area (Å²) >= 11 is 1.43. The molecular formula is C22H27N7O2S. The molecule has 168 valence electrons. The monoisotopic (exact) mass is 453 g/mol. The maximum absolute atomic E-state index is 12.9. The Bertz CT molecular complexity index is 1180. The van der Waals surface area contributed by atoms with Crippen LogP contribution in [0.2, 0.25) is 0 Å². The van der Waals surface area contributed by atoms with Crippen LogP contribution < -0.4 is 21.7 Å². The summed E-state index contributed by atoms with van der Waals surface area (Å²) in [7, 11) is 1.70. The fourth-order valence-electron chi connectivity index (χ4n) is 4.55. The summed E-state index contributed by atoms with van der Waals surface area (Å²) in [6.45, 7) is 3.29. The third kappa shape index (κ3) is 3.78. The summed E-state index contributed by atoms with van der Waals surface area (Å²) in [5.41, 5.74) is 16.5. The molecule has 9 nitrogen and oxygen atoms in total. The number of amides is 1. The van der Waals surface area contributed by atoms with Crippen LogP contribution in [0.4, 0.5) is 11.5 Å². The lowest BCUT2D eigenvalue weighted by atomic mass is 9.91. The largest absolute Gasteiger partial charge is 0.396 e. The van der Waals surface area contributed by atoms with Crippen molar-refractivity contribution in [3.8, 4) is 0 Å². The molecule has 5 rings (SSSR count). The molecule has 3 aromatic rings. The predicted molar refractivity (Wildman–Crippen MR) is 125 cm³/mol. The minimum Gasteiger partial charge on any atom is -0.396 e. The standard InChI is InChI=1S/C22H27N7O2S/c1-11-19(28-20-15(24)10-32-22(20)25-11)21(30)26-13-4-5-16-12(7-13)3-6-18(27-16)29-8-14(23)17(9-29)31-2/h3,6,10,13-14,17H,4-5,7-9,23-24H2,1-2H3,(H,26,30)/t13-,14+,17+/m1/s1. The number of carbonyl (C=O) groups excluding carboxylic acids is 1. The maximum atomic E-state index is 12.9. The van der Waals surface area contributed by atoms with Crippen molar-refractivity contribution < 1.29 is 9.53 Å². The van der Waals surface area contributed by atoms with Crippen LogP contribution in [0.15, 0.2) is 17.5 Å². The number of aromatic nitrogens is 3. The van der Waals surface area contributed by atoms with Crippen molar-refractivity contribution in [3.63, 3.8) is 0 Å². The van der Waals surface area contributed by atoms with E-state index >= 15 is 0 Å². The van der Waals surface area contributed by atoms with Crippen LogP contribution in [0, 0.1) is 6.92 Å². The quantitative estimate of drug-likeness (QED) is 0.540. The number of carbonyl (C=O) groups is 1. The summed E-state index contributed by atoms with van der Waals surface area (Å²) in [6, 6.07) is 4.17. The van der Waals surface area contributed by atoms with Gasteiger partial charge in [-0.15, -0.1) is 11.3 Å². The molecule has 1 saturated heterocycles. The molecule has 0 aromatic carbocycles. The third-order valence-corrected chi connectivity index (χ3v) is 7.22. The van der Waals surface area contributed by atoms with Gasteiger partial charge in [-0.05, 0) is 37.8 Å². The number of aryl methyl sites for hydroxylation is 2. The highest BCUT2D eigenvalue weighted by atomic mass is 32.1. The smallest absolute Gasteiger partial charge is 0.272 e. The molecule has 3 aromatic heterocycles. The van der Waals surface area contributed by atoms with Crippen LogP contribution in [-0.2, 0) is 17.6 Å². The number of anilines is 2. The first-order chi connectivity index (χ1) is 15.4. The van der Waals surface area contributed by atoms with Gasteiger partial charge < -0.3 is 26.4 Å². The second-order valence-electron chi connectivity index (χ2n) is 8.53. The summed E-state index contributed by atoms with van der Waals surface area (Å²) in [5.74, 6) is 0.728. The van der Waals surface area contributed by atoms with Crippen molar-refractivity contribution in [3.05, 3.63) is 40.2 Å². The van der Waals surface area contributed by atoms with Gasteiger partial charge in [0.05, 0.1) is 23.5 Å². The van der Waals surface area contributed by atoms with Gasteiger partial charge in [-0.2, -0.15) is 0 Å². The molecule has 0 radical (unpaired) electrons. The fourth-order valence-corrected chi connectivity index (χ4v) is 5.36. The van der Waals surface area contributed by atoms with Crippen molar-refractivity contribution in [1.82, 2.24) is 20.3 Å². The van der Waals surface area contributed by atoms with Crippen LogP contribution in [0.25, 0.3) is 10.3 Å². The van der Waals surface area contributed by atoms with Gasteiger partial charge in [0, 0.05) is 37.3 Å². The SMILES string of the molecule is CO[C@H]1CN(c2ccc3c(n2)CC[C@@H](NC(=O)c2nc4c(N)csc4nc2C)C3)C[C@@H]1N. The van der Waals surface area contributed by atoms with Gasteiger partial charge in [-0.1, -0.05) is 6.07 Å². The molecule has 0 unspecified atom stereocenters. The molecule has 2 aliphatic rings. The van der Waals surface area contributed by atoms with Crippen LogP contribution in [-0.4, -0.2) is 59.2 Å². The molecule has 3 atom stereocenters. The van der Waals surface area contributed by atoms with E-state index in [1.807, 2.05) is 6.07 Å². The van der Waals surface area contributed by atoms with Gasteiger partial charge in [0.1, 0.15) is 21.9 Å². The molecule has 0 saturated carbocycles. The van der Waals surface area contributed by atoms with E-state index in [0.29, 0.717) is 22.6 Å². The molecule has 5 N–H and O–H groups in total. The predicted octanol–water partition coefficient (Wildman–Crippen LogP) is 1.43. The van der Waals surface area contributed by atoms with Gasteiger partial charge in [0.2, 0.25) is 0 Å². The number of ether oxygens (including phenoxy) is 1. The van der Waals surface area contributed by atoms with Crippen LogP contribution >= 0.6 is 11.3 Å². The zero-order valence-electron chi connectivity index (χ0n) is 18.2. The summed E-state index contributed by atoms with van der Waals surface area (Å²) in [6.07, 6.45) is 2.40. The zero-order valence-corrected chi connectivity index (χ0v) is 19.0. The fraction of sp³-hybridized carbons (Fsp3) is 0.455. The van der Waals surface area contributed by atoms with E-state index < -0.39 is 0 Å². The minimum absolute atomic E-state index is 0.00682. The topological polar surface area (TPSA) is 132 Å². The van der Waals surface area contributed by atoms with Crippen molar-refractivity contribution in [2.45, 2.75) is 44.4 Å². The molecule has 1 amide bonds. The van der Waals surface area contributed by atoms with Crippen molar-refractivity contribution >= 4 is 39.1 Å². The van der Waals surface area contributed by atoms with Gasteiger partial charge in [0.25, 0.3) is 5.91 Å². The molecule has 10 heteroatoms. The molecule has 0 spiro atoms. The number of nitrogens with zero attached hydrogens (tertiary/aromatic N) is 4. The second kappa shape index (κ2) is 8.27. The number of pyridine rings is 1. The highest BCUT2D eigenvalue weighted by molar-refractivity contribution is 7.17. The molecule has 1 fully saturated rings. The zero-order chi connectivity index (χ0) is 22.4. The molecule has 0 bridgehead atoms. The lowest BCUT2D eigenvalue weighted by Gasteiger charge is -2.26. The van der Waals surface area contributed by atoms with Crippen molar-refractivity contribution in [1.29, 1.82) is 0 Å². The van der Waals surface area contributed by atoms with E-state index in [1.165, 1.54) is 11.3 Å². The number of nitrogens with one attached hydrogen (secondary N) is 1. The lowest BCUT2D eigenvalue weighted by molar-refractivity contribution is 0.0927. The highest BCUT2D eigenvalue weighted by Crippen LogP contribution is 2.27. The Kier molecular flexibility index (Phi) is 5.44. The maximum Gasteiger partial charge on any atom is 0.272 e. The summed E-state index contributed by atoms with van der Waals surface area (Å²) < 4.78 is 5.46. The minimum atomic E-state index is -0.211. The number of nitrogen functional groups attached to an aromatic ring is 1. The normalized spacial score (nSPS) is 22.8. The van der Waals surface area contributed by atoms with E-state index in [1.54, 1.807) is 19.4 Å². The van der Waals surface area contributed by atoms with Gasteiger partial charge in [0.15, 0.2) is 0 Å². The molecular weight excluding hydrogens is 426 g/mol. The second-order valence-corrected chi connectivity index (χ2v) is 9.39. The number of rotatable bonds is 4. The highest BCUT2D eigenvalue weighted by Gasteiger charge is 2.31. The van der Waals surface area contributed by atoms with Crippen LogP contribution in [0.1, 0.15) is 33.9 Å². The number of nitrogens with two attached hydrogens (primary N) is 2. The Morgan fingerprint density at radius 2 is 2.12 bits per heavy atom. The number of hydrogen-bond acceptors (Lipinski definition) is 9. The first-order valence-corrected chi connectivity index (χ1v) is 11.6. The number of hydrogen-bond donors (Lipinski definition) is 3. The van der Waals surface area contributed by atoms with Crippen LogP contribution in [0.3, 0.4) is 0 Å². The Hall–Kier alpha value is -2.82. The van der Waals surface area contributed by atoms with Gasteiger partial charge >= 0.3 is 0 Å². The molecule has 1 aliphatic heterocycles. The number of fused-ring (bicyclic) bond motifs is 2. The lowest BCUT2D eigenvalue weighted by Crippen LogP contribution is -2.40. The third-order valence-electron chi connectivity index (χ3n) is 6.34. The number of thiophene rings is 1. The van der Waals surface area contributed by atoms with E-state index in [2.05, 4.69) is 26.3 Å². The Labute approximate surface area is 190 Å². The molecule has 1 aliphatic carbocycles. The first-order valence-electron chi connectivity index (χ1n) is 10.8. The Morgan fingerprint density at radius 3 is 2.91 bits per heavy atom. The van der Waals surface area contributed by atoms with E-state index in [4.69, 9.17) is 21.2 Å². The van der Waals surface area contributed by atoms with Crippen LogP contribution in [0.5, 0.6) is 0 Å². The average Bonchev–Trinajstić information content (AvgIpc) is 3.34. The van der Waals surface area contributed by atoms with Gasteiger partial charge in [-0.25, -0.2) is 15.0 Å². The summed E-state index contributed by atoms with van der Waals surface area (Å²) in [4.78, 5) is 29.7. The van der Waals surface area contributed by atoms with E-state index in [-0.39, 0.29) is 24.1 Å². The average molecular weight is 454 g/mol. The number of methoxy groups -OCH3 is 1. The summed E-state index contributed by atoms with van der Waals surface area (Å²) in [5, 5.41) is 4.93. The van der Waals surface area contributed by atoms with E-state index in [9.17, 15) is 4.79 Å².